The minimum absolute atomic E-state index is 0.0111. The molecule has 116 valence electrons. The normalized spacial score (nSPS) is 19.5. The zero-order chi connectivity index (χ0) is 15.6. The van der Waals surface area contributed by atoms with E-state index in [-0.39, 0.29) is 16.6 Å². The van der Waals surface area contributed by atoms with Gasteiger partial charge >= 0.3 is 0 Å². The summed E-state index contributed by atoms with van der Waals surface area (Å²) in [6.45, 7) is 2.84. The molecule has 7 heteroatoms. The number of benzene rings is 1. The van der Waals surface area contributed by atoms with Gasteiger partial charge in [0.2, 0.25) is 0 Å². The maximum Gasteiger partial charge on any atom is 0.293 e. The van der Waals surface area contributed by atoms with Gasteiger partial charge in [-0.15, -0.1) is 0 Å². The van der Waals surface area contributed by atoms with Gasteiger partial charge in [-0.25, -0.2) is 8.42 Å². The van der Waals surface area contributed by atoms with E-state index in [4.69, 9.17) is 0 Å². The molecule has 0 unspecified atom stereocenters. The van der Waals surface area contributed by atoms with Gasteiger partial charge in [-0.2, -0.15) is 0 Å². The number of rotatable bonds is 4. The van der Waals surface area contributed by atoms with Crippen LogP contribution in [0.5, 0.6) is 0 Å². The van der Waals surface area contributed by atoms with Gasteiger partial charge in [-0.05, 0) is 37.8 Å². The monoisotopic (exact) mass is 312 g/mol. The Labute approximate surface area is 124 Å². The molecule has 1 aromatic carbocycles. The molecule has 0 N–H and O–H groups in total. The lowest BCUT2D eigenvalue weighted by molar-refractivity contribution is -0.384. The molecule has 0 bridgehead atoms. The summed E-state index contributed by atoms with van der Waals surface area (Å²) >= 11 is 0. The van der Waals surface area contributed by atoms with Crippen molar-refractivity contribution in [2.45, 2.75) is 43.5 Å². The second kappa shape index (κ2) is 6.01. The zero-order valence-electron chi connectivity index (χ0n) is 12.3. The zero-order valence-corrected chi connectivity index (χ0v) is 13.1. The molecule has 21 heavy (non-hydrogen) atoms. The summed E-state index contributed by atoms with van der Waals surface area (Å²) in [6, 6.07) is 4.48. The molecule has 0 amide bonds. The Bertz CT molecular complexity index is 642. The maximum absolute atomic E-state index is 11.6. The van der Waals surface area contributed by atoms with Crippen LogP contribution in [0.2, 0.25) is 0 Å². The van der Waals surface area contributed by atoms with Crippen LogP contribution in [0, 0.1) is 10.1 Å². The van der Waals surface area contributed by atoms with Gasteiger partial charge in [0, 0.05) is 24.9 Å². The van der Waals surface area contributed by atoms with Crippen molar-refractivity contribution in [3.63, 3.8) is 0 Å². The predicted molar refractivity (Wildman–Crippen MR) is 81.5 cm³/mol. The van der Waals surface area contributed by atoms with Crippen LogP contribution in [0.25, 0.3) is 0 Å². The van der Waals surface area contributed by atoms with Crippen molar-refractivity contribution < 1.29 is 13.3 Å². The van der Waals surface area contributed by atoms with Crippen LogP contribution in [-0.4, -0.2) is 32.2 Å². The summed E-state index contributed by atoms with van der Waals surface area (Å²) in [6.07, 6.45) is 5.12. The number of nitro benzene ring substituents is 1. The standard InChI is InChI=1S/C14H20N2O4S/c1-3-11-6-4-5-9-15(11)13-8-7-12(21(2,19)20)10-14(13)16(17)18/h7-8,10-11H,3-6,9H2,1-2H3/t11-/m0/s1. The third kappa shape index (κ3) is 3.34. The predicted octanol–water partition coefficient (Wildman–Crippen LogP) is 2.77. The number of nitrogens with zero attached hydrogens (tertiary/aromatic N) is 2. The number of hydrogen-bond acceptors (Lipinski definition) is 5. The van der Waals surface area contributed by atoms with Crippen LogP contribution in [-0.2, 0) is 9.84 Å². The van der Waals surface area contributed by atoms with Crippen LogP contribution in [0.3, 0.4) is 0 Å². The Morgan fingerprint density at radius 3 is 2.67 bits per heavy atom. The Kier molecular flexibility index (Phi) is 4.51. The van der Waals surface area contributed by atoms with Crippen molar-refractivity contribution in [2.24, 2.45) is 0 Å². The Balaban J connectivity index is 2.50. The summed E-state index contributed by atoms with van der Waals surface area (Å²) in [5.74, 6) is 0. The minimum atomic E-state index is -3.45. The molecule has 0 aliphatic carbocycles. The van der Waals surface area contributed by atoms with Gasteiger partial charge in [0.05, 0.1) is 9.82 Å². The highest BCUT2D eigenvalue weighted by Gasteiger charge is 2.28. The fourth-order valence-corrected chi connectivity index (χ4v) is 3.51. The first-order valence-corrected chi connectivity index (χ1v) is 8.99. The van der Waals surface area contributed by atoms with E-state index in [9.17, 15) is 18.5 Å². The van der Waals surface area contributed by atoms with E-state index in [0.717, 1.165) is 38.5 Å². The van der Waals surface area contributed by atoms with Crippen molar-refractivity contribution in [1.82, 2.24) is 0 Å². The second-order valence-corrected chi connectivity index (χ2v) is 7.45. The van der Waals surface area contributed by atoms with Gasteiger partial charge in [0.1, 0.15) is 5.69 Å². The van der Waals surface area contributed by atoms with E-state index in [1.54, 1.807) is 6.07 Å². The lowest BCUT2D eigenvalue weighted by atomic mass is 9.99. The Hall–Kier alpha value is -1.63. The number of sulfone groups is 1. The highest BCUT2D eigenvalue weighted by molar-refractivity contribution is 7.90. The molecule has 0 radical (unpaired) electrons. The van der Waals surface area contributed by atoms with Crippen molar-refractivity contribution in [3.05, 3.63) is 28.3 Å². The summed E-state index contributed by atoms with van der Waals surface area (Å²) < 4.78 is 23.2. The topological polar surface area (TPSA) is 80.5 Å². The lowest BCUT2D eigenvalue weighted by Crippen LogP contribution is -2.39. The Morgan fingerprint density at radius 1 is 1.38 bits per heavy atom. The molecule has 1 aliphatic rings. The van der Waals surface area contributed by atoms with Crippen LogP contribution in [0.4, 0.5) is 11.4 Å². The van der Waals surface area contributed by atoms with E-state index < -0.39 is 14.8 Å². The number of piperidine rings is 1. The second-order valence-electron chi connectivity index (χ2n) is 5.43. The van der Waals surface area contributed by atoms with Crippen LogP contribution in [0.15, 0.2) is 23.1 Å². The molecule has 1 heterocycles. The van der Waals surface area contributed by atoms with Crippen molar-refractivity contribution in [1.29, 1.82) is 0 Å². The highest BCUT2D eigenvalue weighted by Crippen LogP contribution is 2.35. The largest absolute Gasteiger partial charge is 0.363 e. The smallest absolute Gasteiger partial charge is 0.293 e. The molecule has 1 aliphatic heterocycles. The summed E-state index contributed by atoms with van der Waals surface area (Å²) in [5, 5.41) is 11.3. The third-order valence-corrected chi connectivity index (χ3v) is 5.09. The molecule has 1 fully saturated rings. The first kappa shape index (κ1) is 15.8. The SMILES string of the molecule is CC[C@H]1CCCCN1c1ccc(S(C)(=O)=O)cc1[N+](=O)[O-]. The first-order valence-electron chi connectivity index (χ1n) is 7.09. The maximum atomic E-state index is 11.6. The molecule has 0 spiro atoms. The average Bonchev–Trinajstić information content (AvgIpc) is 2.45. The minimum Gasteiger partial charge on any atom is -0.363 e. The van der Waals surface area contributed by atoms with Crippen molar-refractivity contribution in [3.8, 4) is 0 Å². The quantitative estimate of drug-likeness (QED) is 0.631. The van der Waals surface area contributed by atoms with Gasteiger partial charge in [0.15, 0.2) is 9.84 Å². The van der Waals surface area contributed by atoms with E-state index in [1.165, 1.54) is 12.1 Å². The van der Waals surface area contributed by atoms with Crippen molar-refractivity contribution >= 4 is 21.2 Å². The van der Waals surface area contributed by atoms with Gasteiger partial charge < -0.3 is 4.90 Å². The summed E-state index contributed by atoms with van der Waals surface area (Å²) in [4.78, 5) is 12.9. The van der Waals surface area contributed by atoms with E-state index in [0.29, 0.717) is 5.69 Å². The van der Waals surface area contributed by atoms with Gasteiger partial charge in [-0.3, -0.25) is 10.1 Å². The van der Waals surface area contributed by atoms with E-state index in [2.05, 4.69) is 6.92 Å². The van der Waals surface area contributed by atoms with Gasteiger partial charge in [0.25, 0.3) is 5.69 Å². The lowest BCUT2D eigenvalue weighted by Gasteiger charge is -2.36. The fourth-order valence-electron chi connectivity index (χ4n) is 2.87. The van der Waals surface area contributed by atoms with E-state index in [1.807, 2.05) is 4.90 Å². The first-order chi connectivity index (χ1) is 9.84. The van der Waals surface area contributed by atoms with Crippen LogP contribution in [0.1, 0.15) is 32.6 Å². The Morgan fingerprint density at radius 2 is 2.10 bits per heavy atom. The molecule has 1 saturated heterocycles. The van der Waals surface area contributed by atoms with Crippen molar-refractivity contribution in [2.75, 3.05) is 17.7 Å². The summed E-state index contributed by atoms with van der Waals surface area (Å²) in [7, 11) is -3.45. The molecule has 1 atom stereocenters. The number of nitro groups is 1. The number of hydrogen-bond donors (Lipinski definition) is 0. The number of anilines is 1. The fraction of sp³-hybridized carbons (Fsp3) is 0.571. The molecule has 0 aromatic heterocycles. The molecular weight excluding hydrogens is 292 g/mol. The third-order valence-electron chi connectivity index (χ3n) is 3.98. The molecule has 0 saturated carbocycles. The van der Waals surface area contributed by atoms with Crippen LogP contribution >= 0.6 is 0 Å². The highest BCUT2D eigenvalue weighted by atomic mass is 32.2. The summed E-state index contributed by atoms with van der Waals surface area (Å²) in [5.41, 5.74) is 0.400. The van der Waals surface area contributed by atoms with E-state index >= 15 is 0 Å². The van der Waals surface area contributed by atoms with Gasteiger partial charge in [-0.1, -0.05) is 6.92 Å². The average molecular weight is 312 g/mol. The van der Waals surface area contributed by atoms with Crippen LogP contribution < -0.4 is 4.90 Å². The molecule has 1 aromatic rings. The molecular formula is C14H20N2O4S. The molecule has 2 rings (SSSR count). The molecule has 6 nitrogen and oxygen atoms in total.